The first-order valence-corrected chi connectivity index (χ1v) is 8.69. The van der Waals surface area contributed by atoms with Gasteiger partial charge in [-0.1, -0.05) is 12.1 Å². The Morgan fingerprint density at radius 3 is 2.32 bits per heavy atom. The lowest BCUT2D eigenvalue weighted by Crippen LogP contribution is -2.42. The molecule has 0 aromatic heterocycles. The standard InChI is InChI=1S/C17H15FN2O4S/c1-24-17(21)16(10-12-2-6-14(18)7-3-12)20-25(22,23)15-8-4-13(11-19)5-9-15/h2-9,16,20H,10H2,1H3. The van der Waals surface area contributed by atoms with Crippen LogP contribution in [0.2, 0.25) is 0 Å². The van der Waals surface area contributed by atoms with Crippen molar-refractivity contribution in [3.05, 3.63) is 65.5 Å². The maximum Gasteiger partial charge on any atom is 0.324 e. The Kier molecular flexibility index (Phi) is 5.85. The lowest BCUT2D eigenvalue weighted by molar-refractivity contribution is -0.142. The van der Waals surface area contributed by atoms with Crippen LogP contribution in [0.3, 0.4) is 0 Å². The molecule has 0 saturated carbocycles. The van der Waals surface area contributed by atoms with E-state index in [1.54, 1.807) is 0 Å². The number of methoxy groups -OCH3 is 1. The molecule has 0 saturated heterocycles. The zero-order valence-corrected chi connectivity index (χ0v) is 14.1. The number of ether oxygens (including phenoxy) is 1. The molecule has 6 nitrogen and oxygen atoms in total. The molecule has 8 heteroatoms. The Bertz CT molecular complexity index is 888. The maximum absolute atomic E-state index is 13.0. The van der Waals surface area contributed by atoms with Crippen molar-refractivity contribution in [3.8, 4) is 6.07 Å². The summed E-state index contributed by atoms with van der Waals surface area (Å²) in [5.41, 5.74) is 0.883. The summed E-state index contributed by atoms with van der Waals surface area (Å²) in [5, 5.41) is 8.76. The maximum atomic E-state index is 13.0. The van der Waals surface area contributed by atoms with Gasteiger partial charge in [-0.05, 0) is 48.4 Å². The molecule has 0 spiro atoms. The van der Waals surface area contributed by atoms with Crippen LogP contribution in [0.1, 0.15) is 11.1 Å². The van der Waals surface area contributed by atoms with E-state index in [0.29, 0.717) is 11.1 Å². The number of halogens is 1. The van der Waals surface area contributed by atoms with E-state index < -0.39 is 27.9 Å². The van der Waals surface area contributed by atoms with Crippen molar-refractivity contribution in [2.75, 3.05) is 7.11 Å². The first-order valence-electron chi connectivity index (χ1n) is 7.20. The summed E-state index contributed by atoms with van der Waals surface area (Å²) in [6.45, 7) is 0. The Morgan fingerprint density at radius 1 is 1.20 bits per heavy atom. The molecule has 2 rings (SSSR count). The number of benzene rings is 2. The fourth-order valence-electron chi connectivity index (χ4n) is 2.14. The van der Waals surface area contributed by atoms with E-state index in [1.807, 2.05) is 6.07 Å². The molecule has 130 valence electrons. The van der Waals surface area contributed by atoms with Gasteiger partial charge >= 0.3 is 5.97 Å². The van der Waals surface area contributed by atoms with Crippen molar-refractivity contribution < 1.29 is 22.3 Å². The SMILES string of the molecule is COC(=O)C(Cc1ccc(F)cc1)NS(=O)(=O)c1ccc(C#N)cc1. The minimum atomic E-state index is -4.00. The quantitative estimate of drug-likeness (QED) is 0.790. The van der Waals surface area contributed by atoms with E-state index in [0.717, 1.165) is 7.11 Å². The third-order valence-corrected chi connectivity index (χ3v) is 4.92. The number of hydrogen-bond acceptors (Lipinski definition) is 5. The zero-order valence-electron chi connectivity index (χ0n) is 13.3. The molecule has 0 bridgehead atoms. The highest BCUT2D eigenvalue weighted by molar-refractivity contribution is 7.89. The number of hydrogen-bond donors (Lipinski definition) is 1. The van der Waals surface area contributed by atoms with Crippen molar-refractivity contribution in [1.29, 1.82) is 5.26 Å². The normalized spacial score (nSPS) is 12.2. The van der Waals surface area contributed by atoms with Gasteiger partial charge in [0.2, 0.25) is 10.0 Å². The van der Waals surface area contributed by atoms with Crippen molar-refractivity contribution in [2.24, 2.45) is 0 Å². The molecule has 0 aliphatic rings. The fraction of sp³-hybridized carbons (Fsp3) is 0.176. The molecule has 0 aliphatic carbocycles. The topological polar surface area (TPSA) is 96.3 Å². The van der Waals surface area contributed by atoms with Gasteiger partial charge in [0.25, 0.3) is 0 Å². The van der Waals surface area contributed by atoms with Crippen molar-refractivity contribution in [3.63, 3.8) is 0 Å². The summed E-state index contributed by atoms with van der Waals surface area (Å²) in [6, 6.07) is 11.3. The van der Waals surface area contributed by atoms with Crippen LogP contribution in [0.4, 0.5) is 4.39 Å². The van der Waals surface area contributed by atoms with Crippen molar-refractivity contribution >= 4 is 16.0 Å². The minimum absolute atomic E-state index is 0.00244. The van der Waals surface area contributed by atoms with E-state index in [4.69, 9.17) is 5.26 Å². The lowest BCUT2D eigenvalue weighted by Gasteiger charge is -2.17. The fourth-order valence-corrected chi connectivity index (χ4v) is 3.32. The van der Waals surface area contributed by atoms with E-state index in [-0.39, 0.29) is 11.3 Å². The molecule has 0 fully saturated rings. The Hall–Kier alpha value is -2.76. The first kappa shape index (κ1) is 18.6. The van der Waals surface area contributed by atoms with Crippen LogP contribution in [0, 0.1) is 17.1 Å². The number of esters is 1. The van der Waals surface area contributed by atoms with E-state index in [1.165, 1.54) is 48.5 Å². The molecule has 0 amide bonds. The second kappa shape index (κ2) is 7.88. The summed E-state index contributed by atoms with van der Waals surface area (Å²) in [5.74, 6) is -1.20. The average Bonchev–Trinajstić information content (AvgIpc) is 2.62. The van der Waals surface area contributed by atoms with E-state index in [9.17, 15) is 17.6 Å². The number of carbonyl (C=O) groups is 1. The van der Waals surface area contributed by atoms with Crippen LogP contribution in [-0.4, -0.2) is 27.5 Å². The third kappa shape index (κ3) is 4.86. The molecule has 1 N–H and O–H groups in total. The third-order valence-electron chi connectivity index (χ3n) is 3.43. The number of nitrogens with zero attached hydrogens (tertiary/aromatic N) is 1. The number of carbonyl (C=O) groups excluding carboxylic acids is 1. The molecule has 0 aliphatic heterocycles. The van der Waals surface area contributed by atoms with Gasteiger partial charge in [-0.15, -0.1) is 0 Å². The Morgan fingerprint density at radius 2 is 1.80 bits per heavy atom. The van der Waals surface area contributed by atoms with Gasteiger partial charge in [0.1, 0.15) is 11.9 Å². The number of rotatable bonds is 6. The second-order valence-corrected chi connectivity index (χ2v) is 6.88. The molecular weight excluding hydrogens is 347 g/mol. The van der Waals surface area contributed by atoms with Gasteiger partial charge in [-0.2, -0.15) is 9.98 Å². The largest absolute Gasteiger partial charge is 0.468 e. The van der Waals surface area contributed by atoms with Gasteiger partial charge in [-0.3, -0.25) is 4.79 Å². The predicted molar refractivity (Wildman–Crippen MR) is 87.4 cm³/mol. The summed E-state index contributed by atoms with van der Waals surface area (Å²) < 4.78 is 44.8. The highest BCUT2D eigenvalue weighted by Crippen LogP contribution is 2.13. The summed E-state index contributed by atoms with van der Waals surface area (Å²) in [4.78, 5) is 11.8. The molecule has 0 heterocycles. The van der Waals surface area contributed by atoms with Gasteiger partial charge < -0.3 is 4.74 Å². The van der Waals surface area contributed by atoms with Crippen LogP contribution in [0.15, 0.2) is 53.4 Å². The molecule has 0 radical (unpaired) electrons. The van der Waals surface area contributed by atoms with Crippen LogP contribution in [-0.2, 0) is 26.0 Å². The lowest BCUT2D eigenvalue weighted by atomic mass is 10.1. The van der Waals surface area contributed by atoms with Crippen LogP contribution >= 0.6 is 0 Å². The number of sulfonamides is 1. The molecule has 2 aromatic rings. The predicted octanol–water partition coefficient (Wildman–Crippen LogP) is 1.76. The van der Waals surface area contributed by atoms with Crippen molar-refractivity contribution in [1.82, 2.24) is 4.72 Å². The van der Waals surface area contributed by atoms with E-state index >= 15 is 0 Å². The van der Waals surface area contributed by atoms with Gasteiger partial charge in [-0.25, -0.2) is 12.8 Å². The number of nitrogens with one attached hydrogen (secondary N) is 1. The van der Waals surface area contributed by atoms with Crippen LogP contribution < -0.4 is 4.72 Å². The van der Waals surface area contributed by atoms with Gasteiger partial charge in [0.05, 0.1) is 23.6 Å². The Labute approximate surface area is 144 Å². The Balaban J connectivity index is 2.24. The summed E-state index contributed by atoms with van der Waals surface area (Å²) in [7, 11) is -2.85. The molecular formula is C17H15FN2O4S. The molecule has 25 heavy (non-hydrogen) atoms. The monoisotopic (exact) mass is 362 g/mol. The zero-order chi connectivity index (χ0) is 18.4. The first-order chi connectivity index (χ1) is 11.9. The molecule has 1 unspecified atom stereocenters. The molecule has 1 atom stereocenters. The highest BCUT2D eigenvalue weighted by Gasteiger charge is 2.26. The molecule has 2 aromatic carbocycles. The second-order valence-electron chi connectivity index (χ2n) is 5.16. The average molecular weight is 362 g/mol. The summed E-state index contributed by atoms with van der Waals surface area (Å²) in [6.07, 6.45) is 0.00244. The highest BCUT2D eigenvalue weighted by atomic mass is 32.2. The minimum Gasteiger partial charge on any atom is -0.468 e. The van der Waals surface area contributed by atoms with Gasteiger partial charge in [0, 0.05) is 0 Å². The van der Waals surface area contributed by atoms with Crippen LogP contribution in [0.5, 0.6) is 0 Å². The van der Waals surface area contributed by atoms with Gasteiger partial charge in [0.15, 0.2) is 0 Å². The van der Waals surface area contributed by atoms with Crippen molar-refractivity contribution in [2.45, 2.75) is 17.4 Å². The number of nitriles is 1. The smallest absolute Gasteiger partial charge is 0.324 e. The van der Waals surface area contributed by atoms with Crippen LogP contribution in [0.25, 0.3) is 0 Å². The summed E-state index contributed by atoms with van der Waals surface area (Å²) >= 11 is 0. The van der Waals surface area contributed by atoms with E-state index in [2.05, 4.69) is 9.46 Å².